The number of ether oxygens (including phenoxy) is 1. The number of furan rings is 1. The molecule has 0 fully saturated rings. The first-order valence-electron chi connectivity index (χ1n) is 5.87. The zero-order valence-electron chi connectivity index (χ0n) is 10.8. The Kier molecular flexibility index (Phi) is 9.06. The van der Waals surface area contributed by atoms with Gasteiger partial charge in [0.1, 0.15) is 12.4 Å². The zero-order chi connectivity index (χ0) is 12.5. The predicted octanol–water partition coefficient (Wildman–Crippen LogP) is 2.60. The van der Waals surface area contributed by atoms with Crippen LogP contribution in [-0.4, -0.2) is 37.1 Å². The van der Waals surface area contributed by atoms with E-state index in [0.29, 0.717) is 12.4 Å². The lowest BCUT2D eigenvalue weighted by Gasteiger charge is -2.16. The van der Waals surface area contributed by atoms with Gasteiger partial charge in [0.15, 0.2) is 0 Å². The number of hydrogen-bond acceptors (Lipinski definition) is 4. The number of nitrogens with zero attached hydrogens (tertiary/aromatic N) is 1. The summed E-state index contributed by atoms with van der Waals surface area (Å²) in [6, 6.07) is 3.55. The Morgan fingerprint density at radius 1 is 1.44 bits per heavy atom. The number of carbonyl (C=O) groups excluding carboxylic acids is 1. The van der Waals surface area contributed by atoms with Gasteiger partial charge in [-0.05, 0) is 31.3 Å². The molecule has 0 N–H and O–H groups in total. The van der Waals surface area contributed by atoms with Gasteiger partial charge >= 0.3 is 5.97 Å². The topological polar surface area (TPSA) is 42.7 Å². The van der Waals surface area contributed by atoms with E-state index in [1.54, 1.807) is 24.5 Å². The molecule has 18 heavy (non-hydrogen) atoms. The molecule has 1 aromatic rings. The van der Waals surface area contributed by atoms with Gasteiger partial charge in [-0.15, -0.1) is 12.4 Å². The normalized spacial score (nSPS) is 10.6. The van der Waals surface area contributed by atoms with E-state index in [0.717, 1.165) is 19.6 Å². The summed E-state index contributed by atoms with van der Waals surface area (Å²) in [6.45, 7) is 7.30. The van der Waals surface area contributed by atoms with Gasteiger partial charge in [0.2, 0.25) is 0 Å². The van der Waals surface area contributed by atoms with Crippen molar-refractivity contribution in [2.75, 3.05) is 26.2 Å². The smallest absolute Gasteiger partial charge is 0.330 e. The maximum atomic E-state index is 11.3. The minimum absolute atomic E-state index is 0. The van der Waals surface area contributed by atoms with Gasteiger partial charge in [-0.3, -0.25) is 0 Å². The van der Waals surface area contributed by atoms with Crippen molar-refractivity contribution in [2.45, 2.75) is 13.8 Å². The fourth-order valence-corrected chi connectivity index (χ4v) is 1.40. The Morgan fingerprint density at radius 2 is 2.17 bits per heavy atom. The van der Waals surface area contributed by atoms with Crippen molar-refractivity contribution >= 4 is 24.5 Å². The molecule has 1 aromatic heterocycles. The van der Waals surface area contributed by atoms with E-state index in [2.05, 4.69) is 18.7 Å². The SMILES string of the molecule is CCN(CC)CCOC(=O)C=Cc1ccco1.Cl. The third kappa shape index (κ3) is 6.47. The van der Waals surface area contributed by atoms with Crippen molar-refractivity contribution in [1.29, 1.82) is 0 Å². The summed E-state index contributed by atoms with van der Waals surface area (Å²) in [5, 5.41) is 0. The van der Waals surface area contributed by atoms with E-state index in [9.17, 15) is 4.79 Å². The van der Waals surface area contributed by atoms with E-state index in [4.69, 9.17) is 9.15 Å². The fraction of sp³-hybridized carbons (Fsp3) is 0.462. The summed E-state index contributed by atoms with van der Waals surface area (Å²) in [4.78, 5) is 13.5. The number of carbonyl (C=O) groups is 1. The number of rotatable bonds is 7. The molecule has 4 nitrogen and oxygen atoms in total. The second-order valence-electron chi connectivity index (χ2n) is 3.54. The van der Waals surface area contributed by atoms with Crippen LogP contribution in [-0.2, 0) is 9.53 Å². The van der Waals surface area contributed by atoms with Crippen LogP contribution in [0.2, 0.25) is 0 Å². The van der Waals surface area contributed by atoms with Gasteiger partial charge < -0.3 is 14.1 Å². The highest BCUT2D eigenvalue weighted by Gasteiger charge is 2.01. The molecule has 0 radical (unpaired) electrons. The molecule has 0 amide bonds. The highest BCUT2D eigenvalue weighted by Crippen LogP contribution is 2.02. The molecule has 0 aromatic carbocycles. The molecule has 0 aliphatic carbocycles. The molecule has 0 saturated carbocycles. The lowest BCUT2D eigenvalue weighted by Crippen LogP contribution is -2.27. The average Bonchev–Trinajstić information content (AvgIpc) is 2.85. The molecule has 102 valence electrons. The first-order chi connectivity index (χ1) is 8.26. The van der Waals surface area contributed by atoms with Gasteiger partial charge in [-0.25, -0.2) is 4.79 Å². The minimum atomic E-state index is -0.339. The lowest BCUT2D eigenvalue weighted by atomic mass is 10.4. The standard InChI is InChI=1S/C13H19NO3.ClH/c1-3-14(4-2)9-11-17-13(15)8-7-12-6-5-10-16-12;/h5-8,10H,3-4,9,11H2,1-2H3;1H. The molecular weight excluding hydrogens is 254 g/mol. The molecule has 0 bridgehead atoms. The van der Waals surface area contributed by atoms with Crippen LogP contribution in [0.3, 0.4) is 0 Å². The molecule has 5 heteroatoms. The van der Waals surface area contributed by atoms with Crippen LogP contribution in [0, 0.1) is 0 Å². The number of hydrogen-bond donors (Lipinski definition) is 0. The van der Waals surface area contributed by atoms with Gasteiger partial charge in [0.05, 0.1) is 6.26 Å². The molecule has 1 heterocycles. The van der Waals surface area contributed by atoms with Crippen molar-refractivity contribution in [3.8, 4) is 0 Å². The molecule has 0 spiro atoms. The fourth-order valence-electron chi connectivity index (χ4n) is 1.40. The Bertz CT molecular complexity index is 345. The quantitative estimate of drug-likeness (QED) is 0.566. The Morgan fingerprint density at radius 3 is 2.72 bits per heavy atom. The number of halogens is 1. The first-order valence-corrected chi connectivity index (χ1v) is 5.87. The summed E-state index contributed by atoms with van der Waals surface area (Å²) in [7, 11) is 0. The second kappa shape index (κ2) is 9.74. The van der Waals surface area contributed by atoms with Crippen LogP contribution in [0.25, 0.3) is 6.08 Å². The molecule has 1 rings (SSSR count). The Hall–Kier alpha value is -1.26. The number of esters is 1. The Labute approximate surface area is 114 Å². The van der Waals surface area contributed by atoms with Crippen LogP contribution < -0.4 is 0 Å². The second-order valence-corrected chi connectivity index (χ2v) is 3.54. The molecule has 0 atom stereocenters. The van der Waals surface area contributed by atoms with Gasteiger partial charge in [0.25, 0.3) is 0 Å². The summed E-state index contributed by atoms with van der Waals surface area (Å²) in [6.07, 6.45) is 4.53. The van der Waals surface area contributed by atoms with E-state index in [-0.39, 0.29) is 18.4 Å². The van der Waals surface area contributed by atoms with Crippen LogP contribution in [0.1, 0.15) is 19.6 Å². The molecular formula is C13H20ClNO3. The largest absolute Gasteiger partial charge is 0.465 e. The summed E-state index contributed by atoms with van der Waals surface area (Å²) < 4.78 is 10.1. The van der Waals surface area contributed by atoms with Crippen LogP contribution in [0.15, 0.2) is 28.9 Å². The average molecular weight is 274 g/mol. The maximum absolute atomic E-state index is 11.3. The van der Waals surface area contributed by atoms with Crippen LogP contribution in [0.4, 0.5) is 0 Å². The third-order valence-corrected chi connectivity index (χ3v) is 2.47. The van der Waals surface area contributed by atoms with Crippen LogP contribution >= 0.6 is 12.4 Å². The summed E-state index contributed by atoms with van der Waals surface area (Å²) >= 11 is 0. The van der Waals surface area contributed by atoms with Crippen molar-refractivity contribution < 1.29 is 13.9 Å². The van der Waals surface area contributed by atoms with Crippen molar-refractivity contribution in [1.82, 2.24) is 4.90 Å². The number of likely N-dealkylation sites (N-methyl/N-ethyl adjacent to an activating group) is 1. The van der Waals surface area contributed by atoms with E-state index in [1.807, 2.05) is 0 Å². The zero-order valence-corrected chi connectivity index (χ0v) is 11.6. The van der Waals surface area contributed by atoms with Gasteiger partial charge in [-0.2, -0.15) is 0 Å². The maximum Gasteiger partial charge on any atom is 0.330 e. The highest BCUT2D eigenvalue weighted by molar-refractivity contribution is 5.86. The summed E-state index contributed by atoms with van der Waals surface area (Å²) in [5.74, 6) is 0.305. The van der Waals surface area contributed by atoms with E-state index in [1.165, 1.54) is 6.08 Å². The van der Waals surface area contributed by atoms with Crippen molar-refractivity contribution in [3.63, 3.8) is 0 Å². The minimum Gasteiger partial charge on any atom is -0.465 e. The van der Waals surface area contributed by atoms with E-state index >= 15 is 0 Å². The van der Waals surface area contributed by atoms with Gasteiger partial charge in [0, 0.05) is 12.6 Å². The van der Waals surface area contributed by atoms with Crippen LogP contribution in [0.5, 0.6) is 0 Å². The molecule has 0 unspecified atom stereocenters. The first kappa shape index (κ1) is 16.7. The molecule has 0 aliphatic rings. The third-order valence-electron chi connectivity index (χ3n) is 2.47. The van der Waals surface area contributed by atoms with Crippen molar-refractivity contribution in [3.05, 3.63) is 30.2 Å². The predicted molar refractivity (Wildman–Crippen MR) is 73.7 cm³/mol. The van der Waals surface area contributed by atoms with Gasteiger partial charge in [-0.1, -0.05) is 13.8 Å². The monoisotopic (exact) mass is 273 g/mol. The molecule has 0 aliphatic heterocycles. The lowest BCUT2D eigenvalue weighted by molar-refractivity contribution is -0.138. The summed E-state index contributed by atoms with van der Waals surface area (Å²) in [5.41, 5.74) is 0. The van der Waals surface area contributed by atoms with Crippen molar-refractivity contribution in [2.24, 2.45) is 0 Å². The Balaban J connectivity index is 0.00000289. The van der Waals surface area contributed by atoms with E-state index < -0.39 is 0 Å². The highest BCUT2D eigenvalue weighted by atomic mass is 35.5. The molecule has 0 saturated heterocycles.